The molecule has 3 rings (SSSR count). The number of benzene rings is 1. The summed E-state index contributed by atoms with van der Waals surface area (Å²) in [5.41, 5.74) is 0.589. The molecule has 6 nitrogen and oxygen atoms in total. The first-order valence-electron chi connectivity index (χ1n) is 9.36. The smallest absolute Gasteiger partial charge is 0.238 e. The standard InChI is InChI=1S/C19H27FN4O2/c20-16-2-4-17(5-3-16)22-18(25)14-23-9-11-24(12-10-23)19(26)6-1-15-7-8-21-13-15/h2-5,15,21H,1,6-14H2,(H,22,25). The van der Waals surface area contributed by atoms with Crippen LogP contribution in [0.4, 0.5) is 10.1 Å². The highest BCUT2D eigenvalue weighted by atomic mass is 19.1. The zero-order chi connectivity index (χ0) is 18.4. The molecule has 1 unspecified atom stereocenters. The van der Waals surface area contributed by atoms with Gasteiger partial charge in [0.25, 0.3) is 0 Å². The van der Waals surface area contributed by atoms with Crippen molar-refractivity contribution in [2.45, 2.75) is 19.3 Å². The lowest BCUT2D eigenvalue weighted by molar-refractivity contribution is -0.133. The summed E-state index contributed by atoms with van der Waals surface area (Å²) in [5.74, 6) is 0.417. The maximum absolute atomic E-state index is 12.9. The third-order valence-electron chi connectivity index (χ3n) is 5.15. The van der Waals surface area contributed by atoms with Gasteiger partial charge in [-0.1, -0.05) is 0 Å². The van der Waals surface area contributed by atoms with Crippen LogP contribution >= 0.6 is 0 Å². The Labute approximate surface area is 153 Å². The topological polar surface area (TPSA) is 64.7 Å². The molecule has 0 saturated carbocycles. The molecule has 2 aliphatic heterocycles. The van der Waals surface area contributed by atoms with Gasteiger partial charge >= 0.3 is 0 Å². The van der Waals surface area contributed by atoms with Crippen molar-refractivity contribution in [1.82, 2.24) is 15.1 Å². The quantitative estimate of drug-likeness (QED) is 0.801. The molecule has 0 spiro atoms. The number of piperazine rings is 1. The van der Waals surface area contributed by atoms with Gasteiger partial charge in [-0.3, -0.25) is 14.5 Å². The van der Waals surface area contributed by atoms with E-state index in [9.17, 15) is 14.0 Å². The van der Waals surface area contributed by atoms with Gasteiger partial charge in [0.05, 0.1) is 6.54 Å². The monoisotopic (exact) mass is 362 g/mol. The minimum Gasteiger partial charge on any atom is -0.340 e. The van der Waals surface area contributed by atoms with Gasteiger partial charge in [-0.2, -0.15) is 0 Å². The molecule has 2 heterocycles. The van der Waals surface area contributed by atoms with Crippen LogP contribution < -0.4 is 10.6 Å². The van der Waals surface area contributed by atoms with Crippen molar-refractivity contribution in [2.75, 3.05) is 51.1 Å². The molecule has 0 aromatic heterocycles. The third-order valence-corrected chi connectivity index (χ3v) is 5.15. The average molecular weight is 362 g/mol. The molecule has 2 fully saturated rings. The van der Waals surface area contributed by atoms with Gasteiger partial charge in [0.15, 0.2) is 0 Å². The summed E-state index contributed by atoms with van der Waals surface area (Å²) >= 11 is 0. The van der Waals surface area contributed by atoms with Crippen LogP contribution in [0.2, 0.25) is 0 Å². The second-order valence-electron chi connectivity index (χ2n) is 7.11. The molecule has 7 heteroatoms. The number of halogens is 1. The van der Waals surface area contributed by atoms with Crippen molar-refractivity contribution < 1.29 is 14.0 Å². The largest absolute Gasteiger partial charge is 0.340 e. The molecule has 2 amide bonds. The van der Waals surface area contributed by atoms with E-state index in [-0.39, 0.29) is 24.2 Å². The summed E-state index contributed by atoms with van der Waals surface area (Å²) in [5, 5.41) is 6.10. The first-order chi connectivity index (χ1) is 12.6. The van der Waals surface area contributed by atoms with Crippen LogP contribution in [0.5, 0.6) is 0 Å². The minimum absolute atomic E-state index is 0.120. The van der Waals surface area contributed by atoms with Crippen molar-refractivity contribution in [3.63, 3.8) is 0 Å². The van der Waals surface area contributed by atoms with Crippen molar-refractivity contribution in [1.29, 1.82) is 0 Å². The lowest BCUT2D eigenvalue weighted by Crippen LogP contribution is -2.50. The average Bonchev–Trinajstić information content (AvgIpc) is 3.16. The fraction of sp³-hybridized carbons (Fsp3) is 0.579. The molecule has 1 aromatic rings. The normalized spacial score (nSPS) is 21.0. The fourth-order valence-corrected chi connectivity index (χ4v) is 3.54. The highest BCUT2D eigenvalue weighted by Gasteiger charge is 2.23. The van der Waals surface area contributed by atoms with Crippen molar-refractivity contribution in [2.24, 2.45) is 5.92 Å². The van der Waals surface area contributed by atoms with E-state index in [1.165, 1.54) is 18.6 Å². The summed E-state index contributed by atoms with van der Waals surface area (Å²) in [6, 6.07) is 5.73. The van der Waals surface area contributed by atoms with E-state index < -0.39 is 0 Å². The molecular formula is C19H27FN4O2. The highest BCUT2D eigenvalue weighted by molar-refractivity contribution is 5.92. The molecule has 2 aliphatic rings. The number of hydrogen-bond acceptors (Lipinski definition) is 4. The van der Waals surface area contributed by atoms with Gasteiger partial charge in [0.2, 0.25) is 11.8 Å². The van der Waals surface area contributed by atoms with E-state index in [0.717, 1.165) is 19.5 Å². The van der Waals surface area contributed by atoms with Crippen LogP contribution in [0, 0.1) is 11.7 Å². The summed E-state index contributed by atoms with van der Waals surface area (Å²) in [7, 11) is 0. The summed E-state index contributed by atoms with van der Waals surface area (Å²) in [6.07, 6.45) is 2.76. The summed E-state index contributed by atoms with van der Waals surface area (Å²) in [4.78, 5) is 28.4. The molecule has 26 heavy (non-hydrogen) atoms. The van der Waals surface area contributed by atoms with E-state index in [4.69, 9.17) is 0 Å². The number of nitrogens with zero attached hydrogens (tertiary/aromatic N) is 2. The molecule has 0 bridgehead atoms. The second kappa shape index (κ2) is 9.09. The van der Waals surface area contributed by atoms with Crippen LogP contribution in [0.25, 0.3) is 0 Å². The SMILES string of the molecule is O=C(CN1CCN(C(=O)CCC2CCNC2)CC1)Nc1ccc(F)cc1. The number of amides is 2. The van der Waals surface area contributed by atoms with E-state index in [1.807, 2.05) is 9.80 Å². The molecular weight excluding hydrogens is 335 g/mol. The minimum atomic E-state index is -0.326. The van der Waals surface area contributed by atoms with Crippen molar-refractivity contribution >= 4 is 17.5 Å². The van der Waals surface area contributed by atoms with Crippen LogP contribution in [0.1, 0.15) is 19.3 Å². The van der Waals surface area contributed by atoms with E-state index in [0.29, 0.717) is 44.2 Å². The molecule has 1 atom stereocenters. The Kier molecular flexibility index (Phi) is 6.57. The maximum atomic E-state index is 12.9. The van der Waals surface area contributed by atoms with Gasteiger partial charge in [0, 0.05) is 38.3 Å². The Balaban J connectivity index is 1.35. The first kappa shape index (κ1) is 18.8. The van der Waals surface area contributed by atoms with E-state index in [2.05, 4.69) is 10.6 Å². The fourth-order valence-electron chi connectivity index (χ4n) is 3.54. The Morgan fingerprint density at radius 3 is 2.54 bits per heavy atom. The highest BCUT2D eigenvalue weighted by Crippen LogP contribution is 2.16. The molecule has 142 valence electrons. The number of anilines is 1. The Hall–Kier alpha value is -1.99. The van der Waals surface area contributed by atoms with Crippen LogP contribution in [-0.4, -0.2) is 67.4 Å². The van der Waals surface area contributed by atoms with Gasteiger partial charge in [0.1, 0.15) is 5.82 Å². The number of carbonyl (C=O) groups is 2. The van der Waals surface area contributed by atoms with Crippen LogP contribution in [0.3, 0.4) is 0 Å². The van der Waals surface area contributed by atoms with E-state index in [1.54, 1.807) is 12.1 Å². The van der Waals surface area contributed by atoms with Crippen molar-refractivity contribution in [3.8, 4) is 0 Å². The number of hydrogen-bond donors (Lipinski definition) is 2. The Bertz CT molecular complexity index is 608. The Morgan fingerprint density at radius 1 is 1.15 bits per heavy atom. The molecule has 0 aliphatic carbocycles. The van der Waals surface area contributed by atoms with Gasteiger partial charge in [-0.25, -0.2) is 4.39 Å². The zero-order valence-corrected chi connectivity index (χ0v) is 15.0. The summed E-state index contributed by atoms with van der Waals surface area (Å²) < 4.78 is 12.9. The molecule has 1 aromatic carbocycles. The maximum Gasteiger partial charge on any atom is 0.238 e. The number of nitrogens with one attached hydrogen (secondary N) is 2. The van der Waals surface area contributed by atoms with Gasteiger partial charge < -0.3 is 15.5 Å². The Morgan fingerprint density at radius 2 is 1.88 bits per heavy atom. The zero-order valence-electron chi connectivity index (χ0n) is 15.0. The number of carbonyl (C=O) groups excluding carboxylic acids is 2. The summed E-state index contributed by atoms with van der Waals surface area (Å²) in [6.45, 7) is 5.13. The predicted molar refractivity (Wildman–Crippen MR) is 98.3 cm³/mol. The first-order valence-corrected chi connectivity index (χ1v) is 9.36. The second-order valence-corrected chi connectivity index (χ2v) is 7.11. The predicted octanol–water partition coefficient (Wildman–Crippen LogP) is 1.30. The molecule has 2 N–H and O–H groups in total. The lowest BCUT2D eigenvalue weighted by atomic mass is 10.0. The van der Waals surface area contributed by atoms with Gasteiger partial charge in [-0.15, -0.1) is 0 Å². The molecule has 2 saturated heterocycles. The van der Waals surface area contributed by atoms with Crippen LogP contribution in [-0.2, 0) is 9.59 Å². The van der Waals surface area contributed by atoms with E-state index >= 15 is 0 Å². The number of rotatable bonds is 6. The van der Waals surface area contributed by atoms with Crippen molar-refractivity contribution in [3.05, 3.63) is 30.1 Å². The van der Waals surface area contributed by atoms with Gasteiger partial charge in [-0.05, 0) is 56.1 Å². The third kappa shape index (κ3) is 5.51. The van der Waals surface area contributed by atoms with Crippen LogP contribution in [0.15, 0.2) is 24.3 Å². The molecule has 0 radical (unpaired) electrons. The lowest BCUT2D eigenvalue weighted by Gasteiger charge is -2.34.